The van der Waals surface area contributed by atoms with E-state index in [9.17, 15) is 9.59 Å². The van der Waals surface area contributed by atoms with E-state index in [1.54, 1.807) is 20.2 Å². The monoisotopic (exact) mass is 304 g/mol. The van der Waals surface area contributed by atoms with Crippen LogP contribution in [-0.4, -0.2) is 43.5 Å². The van der Waals surface area contributed by atoms with Crippen LogP contribution in [0.3, 0.4) is 0 Å². The van der Waals surface area contributed by atoms with Gasteiger partial charge in [0.25, 0.3) is 0 Å². The van der Waals surface area contributed by atoms with Gasteiger partial charge in [0.15, 0.2) is 0 Å². The number of nitrogens with one attached hydrogen (secondary N) is 1. The van der Waals surface area contributed by atoms with Gasteiger partial charge < -0.3 is 15.0 Å². The first-order valence-corrected chi connectivity index (χ1v) is 7.20. The van der Waals surface area contributed by atoms with Crippen molar-refractivity contribution in [3.05, 3.63) is 35.4 Å². The zero-order valence-corrected chi connectivity index (χ0v) is 13.8. The summed E-state index contributed by atoms with van der Waals surface area (Å²) in [6.07, 6.45) is 3.14. The Hall–Kier alpha value is -2.30. The summed E-state index contributed by atoms with van der Waals surface area (Å²) in [6, 6.07) is 5.80. The van der Waals surface area contributed by atoms with Gasteiger partial charge in [0, 0.05) is 24.7 Å². The predicted molar refractivity (Wildman–Crippen MR) is 87.7 cm³/mol. The SMILES string of the molecule is COc1ccc(C)cc1/C=C/C(=O)N(C)CC(=O)NC(C)C. The van der Waals surface area contributed by atoms with Crippen LogP contribution in [0.15, 0.2) is 24.3 Å². The quantitative estimate of drug-likeness (QED) is 0.818. The number of hydrogen-bond acceptors (Lipinski definition) is 3. The molecule has 1 N–H and O–H groups in total. The first-order chi connectivity index (χ1) is 10.3. The molecule has 0 saturated heterocycles. The summed E-state index contributed by atoms with van der Waals surface area (Å²) >= 11 is 0. The van der Waals surface area contributed by atoms with Crippen molar-refractivity contribution in [1.82, 2.24) is 10.2 Å². The number of amides is 2. The molecule has 0 heterocycles. The Morgan fingerprint density at radius 1 is 1.36 bits per heavy atom. The smallest absolute Gasteiger partial charge is 0.246 e. The van der Waals surface area contributed by atoms with Gasteiger partial charge in [-0.05, 0) is 39.0 Å². The van der Waals surface area contributed by atoms with E-state index in [-0.39, 0.29) is 24.4 Å². The maximum atomic E-state index is 12.0. The Balaban J connectivity index is 2.71. The van der Waals surface area contributed by atoms with Crippen LogP contribution in [0, 0.1) is 6.92 Å². The van der Waals surface area contributed by atoms with Crippen molar-refractivity contribution in [3.63, 3.8) is 0 Å². The van der Waals surface area contributed by atoms with Crippen LogP contribution in [0.4, 0.5) is 0 Å². The molecule has 0 unspecified atom stereocenters. The van der Waals surface area contributed by atoms with E-state index in [2.05, 4.69) is 5.32 Å². The third-order valence-electron chi connectivity index (χ3n) is 3.00. The Morgan fingerprint density at radius 2 is 2.05 bits per heavy atom. The zero-order valence-electron chi connectivity index (χ0n) is 13.8. The van der Waals surface area contributed by atoms with Crippen molar-refractivity contribution in [2.24, 2.45) is 0 Å². The largest absolute Gasteiger partial charge is 0.496 e. The summed E-state index contributed by atoms with van der Waals surface area (Å²) in [5, 5.41) is 2.75. The summed E-state index contributed by atoms with van der Waals surface area (Å²) < 4.78 is 5.26. The molecular formula is C17H24N2O3. The Kier molecular flexibility index (Phi) is 6.63. The van der Waals surface area contributed by atoms with Crippen LogP contribution in [0.1, 0.15) is 25.0 Å². The molecule has 0 atom stereocenters. The lowest BCUT2D eigenvalue weighted by Gasteiger charge is -2.16. The number of carbonyl (C=O) groups excluding carboxylic acids is 2. The van der Waals surface area contributed by atoms with E-state index in [0.717, 1.165) is 11.1 Å². The fraction of sp³-hybridized carbons (Fsp3) is 0.412. The molecule has 22 heavy (non-hydrogen) atoms. The topological polar surface area (TPSA) is 58.6 Å². The summed E-state index contributed by atoms with van der Waals surface area (Å²) in [6.45, 7) is 5.76. The van der Waals surface area contributed by atoms with Crippen LogP contribution in [0.25, 0.3) is 6.08 Å². The van der Waals surface area contributed by atoms with Crippen molar-refractivity contribution >= 4 is 17.9 Å². The van der Waals surface area contributed by atoms with Gasteiger partial charge in [-0.1, -0.05) is 11.6 Å². The number of carbonyl (C=O) groups is 2. The Bertz CT molecular complexity index is 565. The predicted octanol–water partition coefficient (Wildman–Crippen LogP) is 2.00. The van der Waals surface area contributed by atoms with Gasteiger partial charge in [-0.15, -0.1) is 0 Å². The summed E-state index contributed by atoms with van der Waals surface area (Å²) in [5.74, 6) is 0.296. The minimum atomic E-state index is -0.234. The molecule has 1 aromatic carbocycles. The number of ether oxygens (including phenoxy) is 1. The normalized spacial score (nSPS) is 10.8. The third-order valence-corrected chi connectivity index (χ3v) is 3.00. The lowest BCUT2D eigenvalue weighted by atomic mass is 10.1. The average molecular weight is 304 g/mol. The molecule has 0 fully saturated rings. The highest BCUT2D eigenvalue weighted by Gasteiger charge is 2.11. The highest BCUT2D eigenvalue weighted by molar-refractivity contribution is 5.94. The van der Waals surface area contributed by atoms with E-state index < -0.39 is 0 Å². The number of benzene rings is 1. The third kappa shape index (κ3) is 5.60. The highest BCUT2D eigenvalue weighted by Crippen LogP contribution is 2.20. The van der Waals surface area contributed by atoms with E-state index >= 15 is 0 Å². The molecule has 120 valence electrons. The molecule has 0 aliphatic carbocycles. The molecule has 1 aromatic rings. The highest BCUT2D eigenvalue weighted by atomic mass is 16.5. The second kappa shape index (κ2) is 8.22. The van der Waals surface area contributed by atoms with Crippen LogP contribution in [0.2, 0.25) is 0 Å². The van der Waals surface area contributed by atoms with Gasteiger partial charge in [0.2, 0.25) is 11.8 Å². The summed E-state index contributed by atoms with van der Waals surface area (Å²) in [4.78, 5) is 25.1. The molecule has 0 bridgehead atoms. The fourth-order valence-corrected chi connectivity index (χ4v) is 1.93. The molecule has 2 amide bonds. The second-order valence-electron chi connectivity index (χ2n) is 5.50. The van der Waals surface area contributed by atoms with Crippen molar-refractivity contribution in [3.8, 4) is 5.75 Å². The van der Waals surface area contributed by atoms with Crippen LogP contribution >= 0.6 is 0 Å². The van der Waals surface area contributed by atoms with Crippen molar-refractivity contribution in [2.45, 2.75) is 26.8 Å². The molecule has 0 spiro atoms. The zero-order chi connectivity index (χ0) is 16.7. The van der Waals surface area contributed by atoms with Gasteiger partial charge in [-0.2, -0.15) is 0 Å². The van der Waals surface area contributed by atoms with Crippen molar-refractivity contribution in [2.75, 3.05) is 20.7 Å². The number of likely N-dealkylation sites (N-methyl/N-ethyl adjacent to an activating group) is 1. The lowest BCUT2D eigenvalue weighted by molar-refractivity contribution is -0.131. The van der Waals surface area contributed by atoms with E-state index in [1.807, 2.05) is 39.0 Å². The van der Waals surface area contributed by atoms with Crippen LogP contribution in [-0.2, 0) is 9.59 Å². The van der Waals surface area contributed by atoms with Gasteiger partial charge in [0.1, 0.15) is 5.75 Å². The van der Waals surface area contributed by atoms with Gasteiger partial charge in [-0.25, -0.2) is 0 Å². The summed E-state index contributed by atoms with van der Waals surface area (Å²) in [5.41, 5.74) is 1.91. The number of hydrogen-bond donors (Lipinski definition) is 1. The van der Waals surface area contributed by atoms with Gasteiger partial charge in [0.05, 0.1) is 13.7 Å². The van der Waals surface area contributed by atoms with E-state index in [0.29, 0.717) is 5.75 Å². The summed E-state index contributed by atoms with van der Waals surface area (Å²) in [7, 11) is 3.19. The van der Waals surface area contributed by atoms with Crippen molar-refractivity contribution < 1.29 is 14.3 Å². The van der Waals surface area contributed by atoms with Crippen molar-refractivity contribution in [1.29, 1.82) is 0 Å². The minimum absolute atomic E-state index is 0.0340. The molecule has 0 aromatic heterocycles. The second-order valence-corrected chi connectivity index (χ2v) is 5.50. The van der Waals surface area contributed by atoms with E-state index in [1.165, 1.54) is 11.0 Å². The standard InChI is InChI=1S/C17H24N2O3/c1-12(2)18-16(20)11-19(4)17(21)9-7-14-10-13(3)6-8-15(14)22-5/h6-10,12H,11H2,1-5H3,(H,18,20)/b9-7+. The fourth-order valence-electron chi connectivity index (χ4n) is 1.93. The molecule has 5 nitrogen and oxygen atoms in total. The number of methoxy groups -OCH3 is 1. The van der Waals surface area contributed by atoms with Crippen LogP contribution in [0.5, 0.6) is 5.75 Å². The number of rotatable bonds is 6. The van der Waals surface area contributed by atoms with Gasteiger partial charge >= 0.3 is 0 Å². The first-order valence-electron chi connectivity index (χ1n) is 7.20. The average Bonchev–Trinajstić information content (AvgIpc) is 2.43. The molecule has 0 aliphatic rings. The molecule has 0 aliphatic heterocycles. The number of nitrogens with zero attached hydrogens (tertiary/aromatic N) is 1. The maximum Gasteiger partial charge on any atom is 0.246 e. The molecule has 0 radical (unpaired) electrons. The van der Waals surface area contributed by atoms with Gasteiger partial charge in [-0.3, -0.25) is 9.59 Å². The first kappa shape index (κ1) is 17.8. The molecular weight excluding hydrogens is 280 g/mol. The maximum absolute atomic E-state index is 12.0. The molecule has 1 rings (SSSR count). The minimum Gasteiger partial charge on any atom is -0.496 e. The number of aryl methyl sites for hydroxylation is 1. The molecule has 5 heteroatoms. The molecule has 0 saturated carbocycles. The Labute approximate surface area is 132 Å². The van der Waals surface area contributed by atoms with E-state index in [4.69, 9.17) is 4.74 Å². The Morgan fingerprint density at radius 3 is 2.64 bits per heavy atom. The lowest BCUT2D eigenvalue weighted by Crippen LogP contribution is -2.40. The van der Waals surface area contributed by atoms with Crippen LogP contribution < -0.4 is 10.1 Å².